The molecule has 0 aliphatic carbocycles. The molecule has 0 aliphatic heterocycles. The number of carbonyl (C=O) groups is 1. The summed E-state index contributed by atoms with van der Waals surface area (Å²) in [5.41, 5.74) is 1.70. The lowest BCUT2D eigenvalue weighted by Gasteiger charge is -2.18. The molecule has 1 unspecified atom stereocenters. The maximum Gasteiger partial charge on any atom is 0.339 e. The van der Waals surface area contributed by atoms with E-state index in [0.717, 1.165) is 28.8 Å². The number of hydrogen-bond donors (Lipinski definition) is 2. The molecule has 0 aliphatic rings. The van der Waals surface area contributed by atoms with E-state index in [0.29, 0.717) is 5.69 Å². The van der Waals surface area contributed by atoms with E-state index in [-0.39, 0.29) is 11.6 Å². The highest BCUT2D eigenvalue weighted by atomic mass is 32.2. The molecule has 1 atom stereocenters. The molecule has 1 aromatic carbocycles. The normalized spacial score (nSPS) is 12.3. The Morgan fingerprint density at radius 2 is 2.19 bits per heavy atom. The number of hydrogen-bond acceptors (Lipinski definition) is 4. The van der Waals surface area contributed by atoms with Crippen molar-refractivity contribution < 1.29 is 9.90 Å². The van der Waals surface area contributed by atoms with Crippen LogP contribution >= 0.6 is 11.8 Å². The molecule has 4 nitrogen and oxygen atoms in total. The molecule has 0 bridgehead atoms. The number of carboxylic acids is 1. The van der Waals surface area contributed by atoms with E-state index in [4.69, 9.17) is 0 Å². The van der Waals surface area contributed by atoms with Crippen molar-refractivity contribution in [3.8, 4) is 0 Å². The van der Waals surface area contributed by atoms with Crippen LogP contribution < -0.4 is 5.32 Å². The van der Waals surface area contributed by atoms with Gasteiger partial charge in [0.05, 0.1) is 11.2 Å². The van der Waals surface area contributed by atoms with Gasteiger partial charge in [0.1, 0.15) is 5.56 Å². The number of nitrogens with one attached hydrogen (secondary N) is 1. The summed E-state index contributed by atoms with van der Waals surface area (Å²) in [4.78, 5) is 15.6. The zero-order valence-corrected chi connectivity index (χ0v) is 13.1. The van der Waals surface area contributed by atoms with Gasteiger partial charge in [0.2, 0.25) is 0 Å². The van der Waals surface area contributed by atoms with Crippen molar-refractivity contribution in [1.29, 1.82) is 0 Å². The van der Waals surface area contributed by atoms with Crippen molar-refractivity contribution in [2.75, 3.05) is 16.8 Å². The summed E-state index contributed by atoms with van der Waals surface area (Å²) in [5, 5.41) is 13.6. The van der Waals surface area contributed by atoms with Gasteiger partial charge in [-0.2, -0.15) is 11.8 Å². The van der Waals surface area contributed by atoms with Gasteiger partial charge in [0.25, 0.3) is 0 Å². The summed E-state index contributed by atoms with van der Waals surface area (Å²) in [6.07, 6.45) is 2.43. The second kappa shape index (κ2) is 7.31. The fourth-order valence-corrected chi connectivity index (χ4v) is 2.99. The van der Waals surface area contributed by atoms with E-state index >= 15 is 0 Å². The molecule has 2 N–H and O–H groups in total. The number of aromatic carboxylic acids is 1. The zero-order valence-electron chi connectivity index (χ0n) is 12.3. The first kappa shape index (κ1) is 15.6. The van der Waals surface area contributed by atoms with Gasteiger partial charge in [-0.15, -0.1) is 0 Å². The number of aromatic nitrogens is 1. The minimum absolute atomic E-state index is 0.216. The highest BCUT2D eigenvalue weighted by molar-refractivity contribution is 7.99. The van der Waals surface area contributed by atoms with Crippen LogP contribution in [0.1, 0.15) is 30.6 Å². The molecule has 0 spiro atoms. The van der Waals surface area contributed by atoms with Crippen LogP contribution in [0.5, 0.6) is 0 Å². The molecule has 2 rings (SSSR count). The Kier molecular flexibility index (Phi) is 5.44. The minimum atomic E-state index is -0.953. The molecule has 0 saturated heterocycles. The summed E-state index contributed by atoms with van der Waals surface area (Å²) in [6.45, 7) is 4.22. The van der Waals surface area contributed by atoms with E-state index < -0.39 is 5.97 Å². The first-order valence-corrected chi connectivity index (χ1v) is 8.24. The monoisotopic (exact) mass is 304 g/mol. The van der Waals surface area contributed by atoms with Crippen LogP contribution in [-0.4, -0.2) is 33.6 Å². The van der Waals surface area contributed by atoms with Crippen molar-refractivity contribution in [2.45, 2.75) is 26.3 Å². The Morgan fingerprint density at radius 1 is 1.43 bits per heavy atom. The molecule has 0 fully saturated rings. The standard InChI is InChI=1S/C16H20N2O2S/c1-3-21-9-8-11(2)18-15-12-6-4-5-7-14(12)17-10-13(15)16(19)20/h4-7,10-11H,3,8-9H2,1-2H3,(H,17,18)(H,19,20). The van der Waals surface area contributed by atoms with Crippen LogP contribution in [-0.2, 0) is 0 Å². The number of anilines is 1. The fourth-order valence-electron chi connectivity index (χ4n) is 2.18. The van der Waals surface area contributed by atoms with Crippen molar-refractivity contribution in [2.24, 2.45) is 0 Å². The Labute approximate surface area is 129 Å². The van der Waals surface area contributed by atoms with E-state index in [1.807, 2.05) is 36.0 Å². The summed E-state index contributed by atoms with van der Waals surface area (Å²) in [7, 11) is 0. The third-order valence-electron chi connectivity index (χ3n) is 3.30. The fraction of sp³-hybridized carbons (Fsp3) is 0.375. The molecule has 0 saturated carbocycles. The highest BCUT2D eigenvalue weighted by Gasteiger charge is 2.16. The van der Waals surface area contributed by atoms with Gasteiger partial charge >= 0.3 is 5.97 Å². The molecular formula is C16H20N2O2S. The van der Waals surface area contributed by atoms with Crippen molar-refractivity contribution >= 4 is 34.3 Å². The Morgan fingerprint density at radius 3 is 2.90 bits per heavy atom. The molecule has 1 aromatic heterocycles. The molecule has 0 amide bonds. The molecule has 112 valence electrons. The van der Waals surface area contributed by atoms with Gasteiger partial charge in [0, 0.05) is 17.6 Å². The molecule has 0 radical (unpaired) electrons. The quantitative estimate of drug-likeness (QED) is 0.760. The average molecular weight is 304 g/mol. The van der Waals surface area contributed by atoms with Gasteiger partial charge < -0.3 is 10.4 Å². The third-order valence-corrected chi connectivity index (χ3v) is 4.23. The maximum atomic E-state index is 11.4. The number of thioether (sulfide) groups is 1. The Hall–Kier alpha value is -1.75. The summed E-state index contributed by atoms with van der Waals surface area (Å²) >= 11 is 1.89. The van der Waals surface area contributed by atoms with E-state index in [1.165, 1.54) is 6.20 Å². The Bertz CT molecular complexity index is 631. The number of fused-ring (bicyclic) bond motifs is 1. The summed E-state index contributed by atoms with van der Waals surface area (Å²) < 4.78 is 0. The van der Waals surface area contributed by atoms with E-state index in [1.54, 1.807) is 0 Å². The van der Waals surface area contributed by atoms with Gasteiger partial charge in [-0.3, -0.25) is 4.98 Å². The van der Waals surface area contributed by atoms with Gasteiger partial charge in [-0.1, -0.05) is 25.1 Å². The third kappa shape index (κ3) is 3.88. The van der Waals surface area contributed by atoms with Crippen LogP contribution in [0.25, 0.3) is 10.9 Å². The van der Waals surface area contributed by atoms with Crippen molar-refractivity contribution in [3.05, 3.63) is 36.0 Å². The number of rotatable bonds is 7. The van der Waals surface area contributed by atoms with Gasteiger partial charge in [-0.05, 0) is 30.9 Å². The number of para-hydroxylation sites is 1. The molecule has 2 aromatic rings. The van der Waals surface area contributed by atoms with Crippen molar-refractivity contribution in [1.82, 2.24) is 4.98 Å². The largest absolute Gasteiger partial charge is 0.478 e. The molecule has 21 heavy (non-hydrogen) atoms. The molecule has 1 heterocycles. The lowest BCUT2D eigenvalue weighted by Crippen LogP contribution is -2.18. The van der Waals surface area contributed by atoms with E-state index in [9.17, 15) is 9.90 Å². The van der Waals surface area contributed by atoms with Crippen LogP contribution in [0, 0.1) is 0 Å². The Balaban J connectivity index is 2.31. The smallest absolute Gasteiger partial charge is 0.339 e. The lowest BCUT2D eigenvalue weighted by atomic mass is 10.1. The number of carboxylic acid groups (broad SMARTS) is 1. The minimum Gasteiger partial charge on any atom is -0.478 e. The van der Waals surface area contributed by atoms with Crippen LogP contribution in [0.2, 0.25) is 0 Å². The average Bonchev–Trinajstić information content (AvgIpc) is 2.47. The SMILES string of the molecule is CCSCCC(C)Nc1c(C(=O)O)cnc2ccccc12. The van der Waals surface area contributed by atoms with Crippen molar-refractivity contribution in [3.63, 3.8) is 0 Å². The molecular weight excluding hydrogens is 284 g/mol. The first-order valence-electron chi connectivity index (χ1n) is 7.08. The predicted octanol–water partition coefficient (Wildman–Crippen LogP) is 3.88. The van der Waals surface area contributed by atoms with Gasteiger partial charge in [-0.25, -0.2) is 4.79 Å². The number of nitrogens with zero attached hydrogens (tertiary/aromatic N) is 1. The maximum absolute atomic E-state index is 11.4. The molecule has 5 heteroatoms. The summed E-state index contributed by atoms with van der Waals surface area (Å²) in [5.74, 6) is 1.22. The predicted molar refractivity (Wildman–Crippen MR) is 89.4 cm³/mol. The lowest BCUT2D eigenvalue weighted by molar-refractivity contribution is 0.0697. The second-order valence-corrected chi connectivity index (χ2v) is 6.29. The second-order valence-electron chi connectivity index (χ2n) is 4.90. The zero-order chi connectivity index (χ0) is 15.2. The number of pyridine rings is 1. The first-order chi connectivity index (χ1) is 10.1. The van der Waals surface area contributed by atoms with E-state index in [2.05, 4.69) is 24.1 Å². The number of benzene rings is 1. The van der Waals surface area contributed by atoms with Crippen LogP contribution in [0.15, 0.2) is 30.5 Å². The van der Waals surface area contributed by atoms with Gasteiger partial charge in [0.15, 0.2) is 0 Å². The van der Waals surface area contributed by atoms with Crippen LogP contribution in [0.3, 0.4) is 0 Å². The topological polar surface area (TPSA) is 62.2 Å². The van der Waals surface area contributed by atoms with Crippen LogP contribution in [0.4, 0.5) is 5.69 Å². The highest BCUT2D eigenvalue weighted by Crippen LogP contribution is 2.27. The summed E-state index contributed by atoms with van der Waals surface area (Å²) in [6, 6.07) is 7.82.